The number of nitrogen functional groups attached to an aromatic ring is 1. The highest BCUT2D eigenvalue weighted by molar-refractivity contribution is 14.1. The van der Waals surface area contributed by atoms with E-state index in [1.165, 1.54) is 0 Å². The molecule has 2 nitrogen and oxygen atoms in total. The van der Waals surface area contributed by atoms with E-state index >= 15 is 0 Å². The van der Waals surface area contributed by atoms with Crippen LogP contribution in [0.2, 0.25) is 0 Å². The van der Waals surface area contributed by atoms with Gasteiger partial charge in [0.05, 0.1) is 0 Å². The molecular weight excluding hydrogens is 263 g/mol. The van der Waals surface area contributed by atoms with Gasteiger partial charge in [-0.1, -0.05) is 24.3 Å². The first-order valence-corrected chi connectivity index (χ1v) is 4.66. The largest absolute Gasteiger partial charge is 0.384 e. The number of aromatic nitrogens is 1. The first kappa shape index (κ1) is 7.79. The number of fused-ring (bicyclic) bond motifs is 1. The Morgan fingerprint density at radius 1 is 1.25 bits per heavy atom. The minimum Gasteiger partial charge on any atom is -0.384 e. The predicted octanol–water partition coefficient (Wildman–Crippen LogP) is 2.42. The zero-order valence-electron chi connectivity index (χ0n) is 6.29. The zero-order valence-corrected chi connectivity index (χ0v) is 8.45. The molecule has 0 radical (unpaired) electrons. The van der Waals surface area contributed by atoms with Crippen LogP contribution in [0.1, 0.15) is 0 Å². The van der Waals surface area contributed by atoms with Crippen molar-refractivity contribution in [1.29, 1.82) is 0 Å². The lowest BCUT2D eigenvalue weighted by atomic mass is 10.2. The summed E-state index contributed by atoms with van der Waals surface area (Å²) in [5.41, 5.74) is 5.61. The van der Waals surface area contributed by atoms with E-state index in [4.69, 9.17) is 5.73 Å². The molecule has 0 fully saturated rings. The lowest BCUT2D eigenvalue weighted by Gasteiger charge is -2.00. The third-order valence-electron chi connectivity index (χ3n) is 1.71. The van der Waals surface area contributed by atoms with Crippen molar-refractivity contribution in [3.05, 3.63) is 34.0 Å². The highest BCUT2D eigenvalue weighted by atomic mass is 127. The van der Waals surface area contributed by atoms with Gasteiger partial charge in [0.25, 0.3) is 0 Å². The molecule has 0 aliphatic heterocycles. The van der Waals surface area contributed by atoms with Gasteiger partial charge in [-0.25, -0.2) is 4.98 Å². The van der Waals surface area contributed by atoms with Crippen LogP contribution < -0.4 is 5.73 Å². The highest BCUT2D eigenvalue weighted by Gasteiger charge is 1.99. The number of halogens is 1. The van der Waals surface area contributed by atoms with Crippen LogP contribution in [0.5, 0.6) is 0 Å². The molecule has 2 aromatic rings. The third kappa shape index (κ3) is 1.24. The van der Waals surface area contributed by atoms with E-state index in [1.807, 2.05) is 30.3 Å². The molecule has 0 spiro atoms. The first-order chi connectivity index (χ1) is 5.77. The standard InChI is InChI=1S/C9H7IN2/c10-9-7-4-2-1-3-6(7)5-8(11)12-9/h1-5H,(H2,11,12). The molecular formula is C9H7IN2. The molecule has 0 bridgehead atoms. The Kier molecular flexibility index (Phi) is 1.88. The van der Waals surface area contributed by atoms with Gasteiger partial charge < -0.3 is 5.73 Å². The summed E-state index contributed by atoms with van der Waals surface area (Å²) in [5, 5.41) is 2.31. The number of nitrogens with zero attached hydrogens (tertiary/aromatic N) is 1. The number of hydrogen-bond acceptors (Lipinski definition) is 2. The Labute approximate surface area is 83.9 Å². The molecule has 0 unspecified atom stereocenters. The maximum Gasteiger partial charge on any atom is 0.125 e. The van der Waals surface area contributed by atoms with Crippen LogP contribution in [0.25, 0.3) is 10.8 Å². The summed E-state index contributed by atoms with van der Waals surface area (Å²) in [4.78, 5) is 4.17. The molecule has 0 atom stereocenters. The van der Waals surface area contributed by atoms with Crippen molar-refractivity contribution in [2.24, 2.45) is 0 Å². The minimum atomic E-state index is 0.582. The molecule has 0 saturated heterocycles. The number of pyridine rings is 1. The second kappa shape index (κ2) is 2.90. The van der Waals surface area contributed by atoms with Gasteiger partial charge in [0.1, 0.15) is 9.52 Å². The van der Waals surface area contributed by atoms with Crippen molar-refractivity contribution >= 4 is 39.2 Å². The molecule has 0 amide bonds. The van der Waals surface area contributed by atoms with Crippen LogP contribution in [0.4, 0.5) is 5.82 Å². The van der Waals surface area contributed by atoms with Gasteiger partial charge in [0, 0.05) is 5.39 Å². The number of nitrogens with two attached hydrogens (primary N) is 1. The topological polar surface area (TPSA) is 38.9 Å². The molecule has 1 aromatic carbocycles. The Morgan fingerprint density at radius 3 is 2.83 bits per heavy atom. The smallest absolute Gasteiger partial charge is 0.125 e. The SMILES string of the molecule is Nc1cc2ccccc2c(I)n1. The van der Waals surface area contributed by atoms with E-state index in [9.17, 15) is 0 Å². The quantitative estimate of drug-likeness (QED) is 0.589. The van der Waals surface area contributed by atoms with Gasteiger partial charge >= 0.3 is 0 Å². The van der Waals surface area contributed by atoms with E-state index in [0.29, 0.717) is 5.82 Å². The van der Waals surface area contributed by atoms with Crippen molar-refractivity contribution in [2.75, 3.05) is 5.73 Å². The Balaban J connectivity index is 2.89. The summed E-state index contributed by atoms with van der Waals surface area (Å²) in [5.74, 6) is 0.582. The van der Waals surface area contributed by atoms with Crippen LogP contribution >= 0.6 is 22.6 Å². The van der Waals surface area contributed by atoms with Crippen molar-refractivity contribution in [2.45, 2.75) is 0 Å². The summed E-state index contributed by atoms with van der Waals surface area (Å²) in [7, 11) is 0. The highest BCUT2D eigenvalue weighted by Crippen LogP contribution is 2.20. The van der Waals surface area contributed by atoms with E-state index in [-0.39, 0.29) is 0 Å². The van der Waals surface area contributed by atoms with Gasteiger partial charge in [-0.15, -0.1) is 0 Å². The number of anilines is 1. The average molecular weight is 270 g/mol. The second-order valence-corrected chi connectivity index (χ2v) is 3.58. The monoisotopic (exact) mass is 270 g/mol. The third-order valence-corrected chi connectivity index (χ3v) is 2.54. The summed E-state index contributed by atoms with van der Waals surface area (Å²) in [6.45, 7) is 0. The van der Waals surface area contributed by atoms with Crippen LogP contribution in [0.3, 0.4) is 0 Å². The number of rotatable bonds is 0. The molecule has 0 aliphatic rings. The molecule has 0 aliphatic carbocycles. The van der Waals surface area contributed by atoms with Crippen LogP contribution in [-0.4, -0.2) is 4.98 Å². The molecule has 1 heterocycles. The fraction of sp³-hybridized carbons (Fsp3) is 0. The van der Waals surface area contributed by atoms with Crippen LogP contribution in [-0.2, 0) is 0 Å². The van der Waals surface area contributed by atoms with E-state index in [2.05, 4.69) is 27.6 Å². The predicted molar refractivity (Wildman–Crippen MR) is 58.9 cm³/mol. The average Bonchev–Trinajstić information content (AvgIpc) is 2.04. The molecule has 12 heavy (non-hydrogen) atoms. The molecule has 60 valence electrons. The molecule has 1 aromatic heterocycles. The van der Waals surface area contributed by atoms with Crippen molar-refractivity contribution in [1.82, 2.24) is 4.98 Å². The van der Waals surface area contributed by atoms with Gasteiger partial charge in [-0.3, -0.25) is 0 Å². The zero-order chi connectivity index (χ0) is 8.55. The summed E-state index contributed by atoms with van der Waals surface area (Å²) in [6, 6.07) is 9.97. The summed E-state index contributed by atoms with van der Waals surface area (Å²) < 4.78 is 0.961. The van der Waals surface area contributed by atoms with Gasteiger partial charge in [-0.05, 0) is 34.0 Å². The Hall–Kier alpha value is -0.840. The molecule has 3 heteroatoms. The maximum atomic E-state index is 5.61. The normalized spacial score (nSPS) is 10.4. The Morgan fingerprint density at radius 2 is 2.00 bits per heavy atom. The van der Waals surface area contributed by atoms with E-state index in [0.717, 1.165) is 14.5 Å². The summed E-state index contributed by atoms with van der Waals surface area (Å²) >= 11 is 2.19. The lowest BCUT2D eigenvalue weighted by Crippen LogP contribution is -1.92. The second-order valence-electron chi connectivity index (χ2n) is 2.56. The fourth-order valence-electron chi connectivity index (χ4n) is 1.18. The van der Waals surface area contributed by atoms with Gasteiger partial charge in [-0.2, -0.15) is 0 Å². The molecule has 0 saturated carbocycles. The van der Waals surface area contributed by atoms with Crippen LogP contribution in [0.15, 0.2) is 30.3 Å². The molecule has 2 N–H and O–H groups in total. The van der Waals surface area contributed by atoms with Crippen LogP contribution in [0, 0.1) is 3.70 Å². The van der Waals surface area contributed by atoms with E-state index < -0.39 is 0 Å². The maximum absolute atomic E-state index is 5.61. The fourth-order valence-corrected chi connectivity index (χ4v) is 1.95. The van der Waals surface area contributed by atoms with Gasteiger partial charge in [0.2, 0.25) is 0 Å². The first-order valence-electron chi connectivity index (χ1n) is 3.58. The molecule has 2 rings (SSSR count). The summed E-state index contributed by atoms with van der Waals surface area (Å²) in [6.07, 6.45) is 0. The Bertz CT molecular complexity index is 426. The van der Waals surface area contributed by atoms with E-state index in [1.54, 1.807) is 0 Å². The minimum absolute atomic E-state index is 0.582. The van der Waals surface area contributed by atoms with Crippen molar-refractivity contribution in [3.63, 3.8) is 0 Å². The van der Waals surface area contributed by atoms with Crippen molar-refractivity contribution < 1.29 is 0 Å². The number of hydrogen-bond donors (Lipinski definition) is 1. The van der Waals surface area contributed by atoms with Gasteiger partial charge in [0.15, 0.2) is 0 Å². The number of benzene rings is 1. The lowest BCUT2D eigenvalue weighted by molar-refractivity contribution is 1.32. The van der Waals surface area contributed by atoms with Crippen molar-refractivity contribution in [3.8, 4) is 0 Å².